The van der Waals surface area contributed by atoms with Gasteiger partial charge in [-0.25, -0.2) is 0 Å². The normalized spacial score (nSPS) is 24.0. The smallest absolute Gasteiger partial charge is 0.0700 e. The molecule has 1 aliphatic rings. The molecule has 4 heteroatoms. The zero-order valence-corrected chi connectivity index (χ0v) is 11.5. The standard InChI is InChI=1S/C14H28O4/c1-3-7-15-11-13-17-9-5-2-6-10-18-14-12-16-8-4-1/h1-14H2. The summed E-state index contributed by atoms with van der Waals surface area (Å²) in [7, 11) is 0. The van der Waals surface area contributed by atoms with Gasteiger partial charge in [0.05, 0.1) is 26.4 Å². The lowest BCUT2D eigenvalue weighted by Gasteiger charge is -2.08. The van der Waals surface area contributed by atoms with Gasteiger partial charge in [-0.05, 0) is 38.5 Å². The molecule has 0 N–H and O–H groups in total. The molecule has 0 spiro atoms. The zero-order chi connectivity index (χ0) is 12.7. The summed E-state index contributed by atoms with van der Waals surface area (Å²) >= 11 is 0. The largest absolute Gasteiger partial charge is 0.379 e. The fourth-order valence-corrected chi connectivity index (χ4v) is 1.81. The van der Waals surface area contributed by atoms with Gasteiger partial charge in [-0.2, -0.15) is 0 Å². The van der Waals surface area contributed by atoms with Crippen LogP contribution in [0.1, 0.15) is 38.5 Å². The van der Waals surface area contributed by atoms with Crippen molar-refractivity contribution in [3.05, 3.63) is 0 Å². The lowest BCUT2D eigenvalue weighted by Crippen LogP contribution is -2.08. The van der Waals surface area contributed by atoms with Gasteiger partial charge in [-0.15, -0.1) is 0 Å². The van der Waals surface area contributed by atoms with Crippen LogP contribution >= 0.6 is 0 Å². The van der Waals surface area contributed by atoms with Crippen molar-refractivity contribution in [2.45, 2.75) is 38.5 Å². The summed E-state index contributed by atoms with van der Waals surface area (Å²) in [6, 6.07) is 0. The fraction of sp³-hybridized carbons (Fsp3) is 1.00. The first kappa shape index (κ1) is 15.9. The van der Waals surface area contributed by atoms with Crippen LogP contribution in [0, 0.1) is 0 Å². The second kappa shape index (κ2) is 13.3. The summed E-state index contributed by atoms with van der Waals surface area (Å²) in [5.41, 5.74) is 0. The van der Waals surface area contributed by atoms with Gasteiger partial charge < -0.3 is 18.9 Å². The second-order valence-electron chi connectivity index (χ2n) is 4.57. The number of ether oxygens (including phenoxy) is 4. The van der Waals surface area contributed by atoms with Crippen LogP contribution in [0.5, 0.6) is 0 Å². The molecule has 0 radical (unpaired) electrons. The molecule has 1 fully saturated rings. The second-order valence-corrected chi connectivity index (χ2v) is 4.57. The van der Waals surface area contributed by atoms with Crippen LogP contribution in [0.25, 0.3) is 0 Å². The maximum atomic E-state index is 5.49. The Morgan fingerprint density at radius 1 is 0.278 bits per heavy atom. The van der Waals surface area contributed by atoms with Crippen molar-refractivity contribution in [1.82, 2.24) is 0 Å². The summed E-state index contributed by atoms with van der Waals surface area (Å²) in [6.07, 6.45) is 6.78. The van der Waals surface area contributed by atoms with E-state index in [0.717, 1.165) is 78.5 Å². The Morgan fingerprint density at radius 2 is 0.556 bits per heavy atom. The summed E-state index contributed by atoms with van der Waals surface area (Å²) in [5, 5.41) is 0. The lowest BCUT2D eigenvalue weighted by molar-refractivity contribution is 0.0327. The maximum absolute atomic E-state index is 5.49. The van der Waals surface area contributed by atoms with Crippen molar-refractivity contribution in [1.29, 1.82) is 0 Å². The van der Waals surface area contributed by atoms with Crippen molar-refractivity contribution in [2.75, 3.05) is 52.9 Å². The molecule has 0 amide bonds. The molecule has 0 aromatic heterocycles. The van der Waals surface area contributed by atoms with Gasteiger partial charge >= 0.3 is 0 Å². The number of hydrogen-bond acceptors (Lipinski definition) is 4. The highest BCUT2D eigenvalue weighted by Gasteiger charge is 1.95. The molecule has 0 atom stereocenters. The Labute approximate surface area is 111 Å². The molecule has 18 heavy (non-hydrogen) atoms. The highest BCUT2D eigenvalue weighted by atomic mass is 16.5. The van der Waals surface area contributed by atoms with Gasteiger partial charge in [-0.3, -0.25) is 0 Å². The van der Waals surface area contributed by atoms with Crippen LogP contribution in [-0.4, -0.2) is 52.9 Å². The third-order valence-electron chi connectivity index (χ3n) is 2.90. The Kier molecular flexibility index (Phi) is 11.7. The van der Waals surface area contributed by atoms with Crippen molar-refractivity contribution < 1.29 is 18.9 Å². The van der Waals surface area contributed by atoms with E-state index in [4.69, 9.17) is 18.9 Å². The molecule has 0 bridgehead atoms. The van der Waals surface area contributed by atoms with E-state index in [1.807, 2.05) is 0 Å². The minimum atomic E-state index is 0.722. The first-order valence-corrected chi connectivity index (χ1v) is 7.31. The monoisotopic (exact) mass is 260 g/mol. The van der Waals surface area contributed by atoms with E-state index in [1.54, 1.807) is 0 Å². The molecule has 0 aromatic rings. The van der Waals surface area contributed by atoms with Gasteiger partial charge in [0.15, 0.2) is 0 Å². The van der Waals surface area contributed by atoms with Crippen LogP contribution in [0.3, 0.4) is 0 Å². The molecule has 1 rings (SSSR count). The van der Waals surface area contributed by atoms with E-state index in [9.17, 15) is 0 Å². The minimum Gasteiger partial charge on any atom is -0.379 e. The Bertz CT molecular complexity index is 88.8. The molecule has 1 heterocycles. The number of rotatable bonds is 0. The van der Waals surface area contributed by atoms with Crippen molar-refractivity contribution in [3.8, 4) is 0 Å². The van der Waals surface area contributed by atoms with Gasteiger partial charge in [-0.1, -0.05) is 0 Å². The van der Waals surface area contributed by atoms with Crippen LogP contribution < -0.4 is 0 Å². The first-order valence-electron chi connectivity index (χ1n) is 7.31. The predicted octanol–water partition coefficient (Wildman–Crippen LogP) is 2.41. The first-order chi connectivity index (χ1) is 9.00. The van der Waals surface area contributed by atoms with Crippen molar-refractivity contribution in [3.63, 3.8) is 0 Å². The van der Waals surface area contributed by atoms with E-state index in [-0.39, 0.29) is 0 Å². The molecular formula is C14H28O4. The predicted molar refractivity (Wildman–Crippen MR) is 71.0 cm³/mol. The molecule has 1 aliphatic heterocycles. The van der Waals surface area contributed by atoms with Gasteiger partial charge in [0.25, 0.3) is 0 Å². The van der Waals surface area contributed by atoms with Gasteiger partial charge in [0.1, 0.15) is 0 Å². The summed E-state index contributed by atoms with van der Waals surface area (Å²) < 4.78 is 22.0. The van der Waals surface area contributed by atoms with E-state index in [0.29, 0.717) is 0 Å². The third-order valence-corrected chi connectivity index (χ3v) is 2.90. The van der Waals surface area contributed by atoms with E-state index in [1.165, 1.54) is 12.8 Å². The van der Waals surface area contributed by atoms with Crippen molar-refractivity contribution >= 4 is 0 Å². The topological polar surface area (TPSA) is 36.9 Å². The Hall–Kier alpha value is -0.160. The van der Waals surface area contributed by atoms with E-state index < -0.39 is 0 Å². The average molecular weight is 260 g/mol. The third kappa shape index (κ3) is 11.0. The van der Waals surface area contributed by atoms with Gasteiger partial charge in [0.2, 0.25) is 0 Å². The summed E-state index contributed by atoms with van der Waals surface area (Å²) in [6.45, 7) is 6.25. The average Bonchev–Trinajstić information content (AvgIpc) is 2.39. The molecule has 1 saturated heterocycles. The van der Waals surface area contributed by atoms with Crippen LogP contribution in [0.2, 0.25) is 0 Å². The molecule has 0 aliphatic carbocycles. The molecule has 4 nitrogen and oxygen atoms in total. The Balaban J connectivity index is 2.00. The van der Waals surface area contributed by atoms with Crippen LogP contribution in [0.4, 0.5) is 0 Å². The Morgan fingerprint density at radius 3 is 0.833 bits per heavy atom. The quantitative estimate of drug-likeness (QED) is 0.670. The van der Waals surface area contributed by atoms with E-state index >= 15 is 0 Å². The molecule has 0 unspecified atom stereocenters. The molecule has 108 valence electrons. The highest BCUT2D eigenvalue weighted by Crippen LogP contribution is 1.99. The lowest BCUT2D eigenvalue weighted by atomic mass is 10.2. The minimum absolute atomic E-state index is 0.722. The van der Waals surface area contributed by atoms with Crippen LogP contribution in [-0.2, 0) is 18.9 Å². The number of hydrogen-bond donors (Lipinski definition) is 0. The molecular weight excluding hydrogens is 232 g/mol. The van der Waals surface area contributed by atoms with Crippen LogP contribution in [0.15, 0.2) is 0 Å². The highest BCUT2D eigenvalue weighted by molar-refractivity contribution is 4.44. The summed E-state index contributed by atoms with van der Waals surface area (Å²) in [5.74, 6) is 0. The molecule has 0 aromatic carbocycles. The summed E-state index contributed by atoms with van der Waals surface area (Å²) in [4.78, 5) is 0. The molecule has 0 saturated carbocycles. The van der Waals surface area contributed by atoms with Gasteiger partial charge in [0, 0.05) is 26.4 Å². The van der Waals surface area contributed by atoms with E-state index in [2.05, 4.69) is 0 Å². The van der Waals surface area contributed by atoms with Crippen molar-refractivity contribution in [2.24, 2.45) is 0 Å². The maximum Gasteiger partial charge on any atom is 0.0700 e. The fourth-order valence-electron chi connectivity index (χ4n) is 1.81. The zero-order valence-electron chi connectivity index (χ0n) is 11.5. The SMILES string of the molecule is C1CCOCCOCCCCCOCCOCC1.